The van der Waals surface area contributed by atoms with Crippen LogP contribution in [0.1, 0.15) is 23.0 Å². The van der Waals surface area contributed by atoms with Crippen LogP contribution in [0.5, 0.6) is 0 Å². The first-order valence-electron chi connectivity index (χ1n) is 18.0. The van der Waals surface area contributed by atoms with Gasteiger partial charge in [0.05, 0.1) is 11.4 Å². The van der Waals surface area contributed by atoms with Crippen LogP contribution < -0.4 is 9.80 Å². The third-order valence-electron chi connectivity index (χ3n) is 10.5. The highest BCUT2D eigenvalue weighted by atomic mass is 32.2. The van der Waals surface area contributed by atoms with Gasteiger partial charge in [0.15, 0.2) is 0 Å². The van der Waals surface area contributed by atoms with E-state index in [2.05, 4.69) is 204 Å². The molecule has 0 amide bonds. The van der Waals surface area contributed by atoms with E-state index in [1.54, 1.807) is 0 Å². The first-order chi connectivity index (χ1) is 25.8. The van der Waals surface area contributed by atoms with Crippen molar-refractivity contribution in [2.75, 3.05) is 9.80 Å². The number of thioether (sulfide) groups is 2. The van der Waals surface area contributed by atoms with E-state index < -0.39 is 0 Å². The highest BCUT2D eigenvalue weighted by molar-refractivity contribution is 8.00. The maximum atomic E-state index is 2.42. The number of allylic oxidation sites excluding steroid dienone is 6. The Hall–Kier alpha value is -5.42. The Morgan fingerprint density at radius 2 is 0.731 bits per heavy atom. The van der Waals surface area contributed by atoms with E-state index >= 15 is 0 Å². The Bertz CT molecular complexity index is 2210. The summed E-state index contributed by atoms with van der Waals surface area (Å²) in [6.07, 6.45) is 18.2. The van der Waals surface area contributed by atoms with Crippen molar-refractivity contribution >= 4 is 57.6 Å². The number of anilines is 6. The van der Waals surface area contributed by atoms with Gasteiger partial charge in [-0.1, -0.05) is 134 Å². The Balaban J connectivity index is 0.989. The topological polar surface area (TPSA) is 6.48 Å². The molecule has 0 fully saturated rings. The Labute approximate surface area is 314 Å². The largest absolute Gasteiger partial charge is 0.309 e. The van der Waals surface area contributed by atoms with Crippen molar-refractivity contribution in [2.24, 2.45) is 0 Å². The normalized spacial score (nSPS) is 20.2. The fourth-order valence-corrected chi connectivity index (χ4v) is 11.0. The maximum absolute atomic E-state index is 2.42. The highest BCUT2D eigenvalue weighted by Gasteiger charge is 2.35. The Morgan fingerprint density at radius 3 is 1.15 bits per heavy atom. The van der Waals surface area contributed by atoms with Crippen molar-refractivity contribution in [1.29, 1.82) is 0 Å². The molecular weight excluding hydrogens is 669 g/mol. The van der Waals surface area contributed by atoms with Crippen molar-refractivity contribution < 1.29 is 0 Å². The minimum atomic E-state index is 0.422. The van der Waals surface area contributed by atoms with Gasteiger partial charge in [0, 0.05) is 54.9 Å². The monoisotopic (exact) mass is 704 g/mol. The molecule has 0 saturated carbocycles. The molecule has 250 valence electrons. The maximum Gasteiger partial charge on any atom is 0.0600 e. The molecule has 0 saturated heterocycles. The Morgan fingerprint density at radius 1 is 0.346 bits per heavy atom. The molecule has 2 aliphatic carbocycles. The summed E-state index contributed by atoms with van der Waals surface area (Å²) in [5, 5.41) is 0.893. The number of nitrogens with zero attached hydrogens (tertiary/aromatic N) is 2. The average molecular weight is 705 g/mol. The highest BCUT2D eigenvalue weighted by Crippen LogP contribution is 2.55. The van der Waals surface area contributed by atoms with Gasteiger partial charge in [-0.3, -0.25) is 0 Å². The molecular formula is C48H36N2S2. The third-order valence-corrected chi connectivity index (χ3v) is 13.3. The summed E-state index contributed by atoms with van der Waals surface area (Å²) in [5.41, 5.74) is 12.3. The molecule has 10 rings (SSSR count). The first kappa shape index (κ1) is 31.3. The van der Waals surface area contributed by atoms with Crippen LogP contribution in [-0.4, -0.2) is 10.5 Å². The number of hydrogen-bond acceptors (Lipinski definition) is 4. The van der Waals surface area contributed by atoms with Crippen LogP contribution in [0.15, 0.2) is 204 Å². The summed E-state index contributed by atoms with van der Waals surface area (Å²) in [6, 6.07) is 53.2. The van der Waals surface area contributed by atoms with E-state index in [-0.39, 0.29) is 0 Å². The number of hydrogen-bond donors (Lipinski definition) is 0. The van der Waals surface area contributed by atoms with Gasteiger partial charge in [0.2, 0.25) is 0 Å². The summed E-state index contributed by atoms with van der Waals surface area (Å²) < 4.78 is 0. The van der Waals surface area contributed by atoms with Crippen LogP contribution in [0.4, 0.5) is 34.1 Å². The zero-order valence-corrected chi connectivity index (χ0v) is 30.1. The summed E-state index contributed by atoms with van der Waals surface area (Å²) in [6.45, 7) is 0. The molecule has 2 aliphatic heterocycles. The van der Waals surface area contributed by atoms with Crippen LogP contribution in [0, 0.1) is 0 Å². The number of benzene rings is 6. The van der Waals surface area contributed by atoms with Crippen molar-refractivity contribution in [3.63, 3.8) is 0 Å². The number of para-hydroxylation sites is 2. The van der Waals surface area contributed by atoms with E-state index in [1.165, 1.54) is 43.4 Å². The van der Waals surface area contributed by atoms with Crippen molar-refractivity contribution in [3.05, 3.63) is 205 Å². The van der Waals surface area contributed by atoms with Gasteiger partial charge < -0.3 is 9.80 Å². The lowest BCUT2D eigenvalue weighted by Gasteiger charge is -2.28. The second-order valence-corrected chi connectivity index (χ2v) is 16.0. The average Bonchev–Trinajstić information content (AvgIpc) is 3.79. The summed E-state index contributed by atoms with van der Waals surface area (Å²) >= 11 is 3.97. The van der Waals surface area contributed by atoms with Gasteiger partial charge in [-0.05, 0) is 82.9 Å². The molecule has 0 bridgehead atoms. The quantitative estimate of drug-likeness (QED) is 0.163. The summed E-state index contributed by atoms with van der Waals surface area (Å²) in [4.78, 5) is 7.57. The smallest absolute Gasteiger partial charge is 0.0600 e. The van der Waals surface area contributed by atoms with Gasteiger partial charge in [0.25, 0.3) is 0 Å². The van der Waals surface area contributed by atoms with Gasteiger partial charge in [-0.15, -0.1) is 23.5 Å². The van der Waals surface area contributed by atoms with Crippen LogP contribution in [-0.2, 0) is 0 Å². The molecule has 0 N–H and O–H groups in total. The molecule has 4 atom stereocenters. The zero-order valence-electron chi connectivity index (χ0n) is 28.5. The molecule has 0 spiro atoms. The summed E-state index contributed by atoms with van der Waals surface area (Å²) in [7, 11) is 0. The van der Waals surface area contributed by atoms with E-state index in [1.807, 2.05) is 23.5 Å². The van der Waals surface area contributed by atoms with E-state index in [0.29, 0.717) is 22.3 Å². The molecule has 0 radical (unpaired) electrons. The predicted octanol–water partition coefficient (Wildman–Crippen LogP) is 13.7. The minimum absolute atomic E-state index is 0.422. The van der Waals surface area contributed by atoms with Crippen LogP contribution >= 0.6 is 23.5 Å². The molecule has 4 aliphatic rings. The predicted molar refractivity (Wildman–Crippen MR) is 223 cm³/mol. The van der Waals surface area contributed by atoms with E-state index in [9.17, 15) is 0 Å². The van der Waals surface area contributed by atoms with Crippen LogP contribution in [0.3, 0.4) is 0 Å². The fourth-order valence-electron chi connectivity index (χ4n) is 8.06. The number of fused-ring (bicyclic) bond motifs is 6. The van der Waals surface area contributed by atoms with Gasteiger partial charge in [-0.2, -0.15) is 0 Å². The van der Waals surface area contributed by atoms with Crippen LogP contribution in [0.2, 0.25) is 0 Å². The summed E-state index contributed by atoms with van der Waals surface area (Å²) in [5.74, 6) is 0.844. The zero-order chi connectivity index (χ0) is 34.4. The Kier molecular flexibility index (Phi) is 8.00. The number of rotatable bonds is 7. The lowest BCUT2D eigenvalue weighted by atomic mass is 9.92. The lowest BCUT2D eigenvalue weighted by Crippen LogP contribution is -2.11. The molecule has 4 heteroatoms. The second kappa shape index (κ2) is 13.3. The minimum Gasteiger partial charge on any atom is -0.309 e. The first-order valence-corrected chi connectivity index (χ1v) is 19.8. The molecule has 2 heterocycles. The van der Waals surface area contributed by atoms with Crippen LogP contribution in [0.25, 0.3) is 11.1 Å². The molecule has 6 aromatic rings. The van der Waals surface area contributed by atoms with E-state index in [0.717, 1.165) is 22.7 Å². The van der Waals surface area contributed by atoms with Gasteiger partial charge in [0.1, 0.15) is 0 Å². The molecule has 52 heavy (non-hydrogen) atoms. The molecule has 4 unspecified atom stereocenters. The molecule has 6 aromatic carbocycles. The van der Waals surface area contributed by atoms with Crippen molar-refractivity contribution in [3.8, 4) is 11.1 Å². The standard InChI is InChI=1S/C48H36N2S2/c1-3-13-35(14-4-1)49(43-21-11-19-41-39-17-7-9-23-45(39)51-47(41)43)37-29-25-33(26-30-37)34-27-31-38(32-28-34)50(36-15-5-2-6-16-36)44-22-12-20-42-40-18-8-10-24-46(40)52-48(42)44/h1-32,39-40,45-46H. The van der Waals surface area contributed by atoms with Crippen molar-refractivity contribution in [1.82, 2.24) is 0 Å². The van der Waals surface area contributed by atoms with E-state index in [4.69, 9.17) is 0 Å². The lowest BCUT2D eigenvalue weighted by molar-refractivity contribution is 0.880. The third kappa shape index (κ3) is 5.46. The second-order valence-electron chi connectivity index (χ2n) is 13.6. The molecule has 2 nitrogen and oxygen atoms in total. The fraction of sp³-hybridized carbons (Fsp3) is 0.0833. The molecule has 0 aromatic heterocycles. The van der Waals surface area contributed by atoms with Crippen molar-refractivity contribution in [2.45, 2.75) is 32.1 Å². The SMILES string of the molecule is C1=CC2Sc3c(cccc3N(c3ccccc3)c3ccc(-c4ccc(N(c5ccccc5)c5cccc6c5SC5C=CC=CC65)cc4)cc3)C2C=C1. The van der Waals surface area contributed by atoms with Gasteiger partial charge in [-0.25, -0.2) is 0 Å². The van der Waals surface area contributed by atoms with Gasteiger partial charge >= 0.3 is 0 Å².